The van der Waals surface area contributed by atoms with Gasteiger partial charge in [-0.3, -0.25) is 0 Å². The molecule has 1 N–H and O–H groups in total. The van der Waals surface area contributed by atoms with Crippen LogP contribution in [0.4, 0.5) is 0 Å². The van der Waals surface area contributed by atoms with Gasteiger partial charge in [0.1, 0.15) is 16.9 Å². The minimum absolute atomic E-state index is 0.307. The molecular formula is C21H23N5S. The number of thioether (sulfide) groups is 1. The second-order valence-electron chi connectivity index (χ2n) is 6.59. The van der Waals surface area contributed by atoms with Crippen molar-refractivity contribution in [1.82, 2.24) is 24.8 Å². The summed E-state index contributed by atoms with van der Waals surface area (Å²) in [6.07, 6.45) is 6.51. The minimum atomic E-state index is 0.307. The van der Waals surface area contributed by atoms with Crippen LogP contribution in [-0.2, 0) is 6.54 Å². The van der Waals surface area contributed by atoms with Crippen molar-refractivity contribution >= 4 is 33.7 Å². The highest BCUT2D eigenvalue weighted by atomic mass is 32.2. The van der Waals surface area contributed by atoms with Gasteiger partial charge in [-0.1, -0.05) is 42.5 Å². The second-order valence-corrected chi connectivity index (χ2v) is 7.39. The third-order valence-electron chi connectivity index (χ3n) is 4.88. The zero-order valence-corrected chi connectivity index (χ0v) is 16.4. The van der Waals surface area contributed by atoms with Gasteiger partial charge in [-0.15, -0.1) is 11.8 Å². The summed E-state index contributed by atoms with van der Waals surface area (Å²) in [5.41, 5.74) is 3.15. The van der Waals surface area contributed by atoms with Gasteiger partial charge in [0.2, 0.25) is 0 Å². The Labute approximate surface area is 163 Å². The number of nitrogens with zero attached hydrogens (tertiary/aromatic N) is 4. The van der Waals surface area contributed by atoms with Gasteiger partial charge in [0.15, 0.2) is 5.65 Å². The Balaban J connectivity index is 1.39. The smallest absolute Gasteiger partial charge is 0.164 e. The summed E-state index contributed by atoms with van der Waals surface area (Å²) < 4.78 is 2.11. The van der Waals surface area contributed by atoms with Crippen LogP contribution in [-0.4, -0.2) is 32.3 Å². The lowest BCUT2D eigenvalue weighted by molar-refractivity contribution is 0.531. The van der Waals surface area contributed by atoms with Gasteiger partial charge in [-0.05, 0) is 42.5 Å². The molecule has 0 aliphatic heterocycles. The van der Waals surface area contributed by atoms with Gasteiger partial charge in [0.25, 0.3) is 0 Å². The molecule has 0 saturated heterocycles. The van der Waals surface area contributed by atoms with Crippen molar-refractivity contribution in [2.45, 2.75) is 31.0 Å². The lowest BCUT2D eigenvalue weighted by atomic mass is 10.00. The first kappa shape index (κ1) is 17.9. The molecule has 0 spiro atoms. The molecule has 2 aromatic carbocycles. The molecule has 0 bridgehead atoms. The third kappa shape index (κ3) is 3.68. The lowest BCUT2D eigenvalue weighted by Crippen LogP contribution is -2.21. The van der Waals surface area contributed by atoms with Crippen molar-refractivity contribution in [3.8, 4) is 0 Å². The molecule has 27 heavy (non-hydrogen) atoms. The molecule has 0 radical (unpaired) electrons. The molecule has 4 aromatic rings. The number of imidazole rings is 1. The molecule has 138 valence electrons. The van der Waals surface area contributed by atoms with E-state index in [0.717, 1.165) is 35.7 Å². The Hall–Kier alpha value is -2.44. The van der Waals surface area contributed by atoms with Crippen LogP contribution in [0.1, 0.15) is 24.9 Å². The highest BCUT2D eigenvalue weighted by Crippen LogP contribution is 2.24. The summed E-state index contributed by atoms with van der Waals surface area (Å²) in [6, 6.07) is 15.4. The first-order chi connectivity index (χ1) is 13.3. The van der Waals surface area contributed by atoms with E-state index >= 15 is 0 Å². The van der Waals surface area contributed by atoms with Crippen LogP contribution in [0.2, 0.25) is 0 Å². The number of aryl methyl sites for hydroxylation is 1. The van der Waals surface area contributed by atoms with Gasteiger partial charge in [-0.2, -0.15) is 0 Å². The Kier molecular flexibility index (Phi) is 5.36. The van der Waals surface area contributed by atoms with E-state index in [-0.39, 0.29) is 0 Å². The summed E-state index contributed by atoms with van der Waals surface area (Å²) in [7, 11) is 0. The average Bonchev–Trinajstić information content (AvgIpc) is 3.13. The number of fused-ring (bicyclic) bond motifs is 2. The van der Waals surface area contributed by atoms with Gasteiger partial charge in [-0.25, -0.2) is 15.0 Å². The summed E-state index contributed by atoms with van der Waals surface area (Å²) in [6.45, 7) is 4.05. The van der Waals surface area contributed by atoms with E-state index in [9.17, 15) is 0 Å². The Morgan fingerprint density at radius 3 is 2.81 bits per heavy atom. The number of hydrogen-bond acceptors (Lipinski definition) is 5. The Morgan fingerprint density at radius 2 is 1.93 bits per heavy atom. The summed E-state index contributed by atoms with van der Waals surface area (Å²) in [4.78, 5) is 13.2. The first-order valence-corrected chi connectivity index (χ1v) is 10.4. The molecule has 0 fully saturated rings. The summed E-state index contributed by atoms with van der Waals surface area (Å²) >= 11 is 1.60. The fourth-order valence-electron chi connectivity index (χ4n) is 3.48. The standard InChI is InChI=1S/C21H23N5S/c1-15(17-10-5-8-16-7-3-4-9-18(16)17)22-11-6-12-26-14-25-19-20(26)23-13-24-21(19)27-2/h3-5,7-10,13-15,22H,6,11-12H2,1-2H3/t15-/m1/s1. The van der Waals surface area contributed by atoms with Gasteiger partial charge >= 0.3 is 0 Å². The fourth-order valence-corrected chi connectivity index (χ4v) is 3.97. The predicted octanol–water partition coefficient (Wildman–Crippen LogP) is 4.44. The number of aromatic nitrogens is 4. The van der Waals surface area contributed by atoms with E-state index in [1.165, 1.54) is 16.3 Å². The van der Waals surface area contributed by atoms with E-state index < -0.39 is 0 Å². The molecular weight excluding hydrogens is 354 g/mol. The van der Waals surface area contributed by atoms with Crippen LogP contribution in [0.15, 0.2) is 60.1 Å². The van der Waals surface area contributed by atoms with Crippen molar-refractivity contribution < 1.29 is 0 Å². The van der Waals surface area contributed by atoms with E-state index in [4.69, 9.17) is 0 Å². The highest BCUT2D eigenvalue weighted by Gasteiger charge is 2.10. The monoisotopic (exact) mass is 377 g/mol. The van der Waals surface area contributed by atoms with Crippen molar-refractivity contribution in [2.75, 3.05) is 12.8 Å². The molecule has 0 saturated carbocycles. The summed E-state index contributed by atoms with van der Waals surface area (Å²) in [5.74, 6) is 0. The molecule has 2 heterocycles. The van der Waals surface area contributed by atoms with Crippen molar-refractivity contribution in [1.29, 1.82) is 0 Å². The number of rotatable bonds is 7. The van der Waals surface area contributed by atoms with E-state index in [1.807, 2.05) is 12.6 Å². The van der Waals surface area contributed by atoms with E-state index in [1.54, 1.807) is 18.1 Å². The van der Waals surface area contributed by atoms with Crippen LogP contribution in [0.25, 0.3) is 21.9 Å². The largest absolute Gasteiger partial charge is 0.315 e. The molecule has 0 amide bonds. The molecule has 2 aromatic heterocycles. The van der Waals surface area contributed by atoms with Crippen molar-refractivity contribution in [3.05, 3.63) is 60.7 Å². The number of hydrogen-bond donors (Lipinski definition) is 1. The van der Waals surface area contributed by atoms with Gasteiger partial charge in [0.05, 0.1) is 6.33 Å². The van der Waals surface area contributed by atoms with Crippen molar-refractivity contribution in [2.24, 2.45) is 0 Å². The van der Waals surface area contributed by atoms with Gasteiger partial charge in [0, 0.05) is 12.6 Å². The fraction of sp³-hybridized carbons (Fsp3) is 0.286. The first-order valence-electron chi connectivity index (χ1n) is 9.19. The lowest BCUT2D eigenvalue weighted by Gasteiger charge is -2.16. The Morgan fingerprint density at radius 1 is 1.07 bits per heavy atom. The van der Waals surface area contributed by atoms with Crippen LogP contribution in [0.3, 0.4) is 0 Å². The topological polar surface area (TPSA) is 55.6 Å². The quantitative estimate of drug-likeness (QED) is 0.293. The Bertz CT molecular complexity index is 1050. The SMILES string of the molecule is CSc1ncnc2c1ncn2CCCN[C@H](C)c1cccc2ccccc12. The zero-order chi connectivity index (χ0) is 18.6. The maximum Gasteiger partial charge on any atom is 0.164 e. The van der Waals surface area contributed by atoms with Crippen LogP contribution in [0, 0.1) is 0 Å². The maximum absolute atomic E-state index is 4.48. The molecule has 0 unspecified atom stereocenters. The minimum Gasteiger partial charge on any atom is -0.315 e. The molecule has 4 rings (SSSR count). The maximum atomic E-state index is 4.48. The van der Waals surface area contributed by atoms with E-state index in [0.29, 0.717) is 6.04 Å². The third-order valence-corrected chi connectivity index (χ3v) is 5.56. The van der Waals surface area contributed by atoms with Crippen LogP contribution in [0.5, 0.6) is 0 Å². The van der Waals surface area contributed by atoms with E-state index in [2.05, 4.69) is 74.2 Å². The van der Waals surface area contributed by atoms with Gasteiger partial charge < -0.3 is 9.88 Å². The van der Waals surface area contributed by atoms with Crippen LogP contribution < -0.4 is 5.32 Å². The number of benzene rings is 2. The average molecular weight is 378 g/mol. The zero-order valence-electron chi connectivity index (χ0n) is 15.6. The molecule has 0 aliphatic rings. The predicted molar refractivity (Wildman–Crippen MR) is 112 cm³/mol. The summed E-state index contributed by atoms with van der Waals surface area (Å²) in [5, 5.41) is 7.20. The highest BCUT2D eigenvalue weighted by molar-refractivity contribution is 7.98. The molecule has 0 aliphatic carbocycles. The molecule has 6 heteroatoms. The molecule has 5 nitrogen and oxygen atoms in total. The molecule has 1 atom stereocenters. The number of nitrogens with one attached hydrogen (secondary N) is 1. The van der Waals surface area contributed by atoms with Crippen molar-refractivity contribution in [3.63, 3.8) is 0 Å². The normalized spacial score (nSPS) is 12.7. The van der Waals surface area contributed by atoms with Crippen LogP contribution >= 0.6 is 11.8 Å². The second kappa shape index (κ2) is 8.06.